The summed E-state index contributed by atoms with van der Waals surface area (Å²) in [5, 5.41) is 2.62. The summed E-state index contributed by atoms with van der Waals surface area (Å²) in [5.41, 5.74) is 5.92. The minimum absolute atomic E-state index is 0.296. The molecular weight excluding hydrogens is 287 g/mol. The van der Waals surface area contributed by atoms with Gasteiger partial charge < -0.3 is 15.8 Å². The summed E-state index contributed by atoms with van der Waals surface area (Å²) >= 11 is 0. The zero-order valence-electron chi connectivity index (χ0n) is 11.9. The Morgan fingerprint density at radius 1 is 1.18 bits per heavy atom. The summed E-state index contributed by atoms with van der Waals surface area (Å²) in [4.78, 5) is 23.1. The van der Waals surface area contributed by atoms with Crippen LogP contribution in [0.25, 0.3) is 0 Å². The third kappa shape index (κ3) is 4.05. The Hall–Kier alpha value is -2.89. The fraction of sp³-hybridized carbons (Fsp3) is 0.125. The van der Waals surface area contributed by atoms with E-state index in [0.29, 0.717) is 17.0 Å². The average Bonchev–Trinajstić information content (AvgIpc) is 2.49. The summed E-state index contributed by atoms with van der Waals surface area (Å²) in [7, 11) is 0. The molecule has 22 heavy (non-hydrogen) atoms. The standard InChI is InChI=1S/C16H15FN2O3/c1-10(22-14-7-5-12(17)6-8-14)16(21)19-13-4-2-3-11(9-13)15(18)20/h2-10H,1H3,(H2,18,20)(H,19,21). The lowest BCUT2D eigenvalue weighted by atomic mass is 10.2. The van der Waals surface area contributed by atoms with Gasteiger partial charge in [-0.3, -0.25) is 9.59 Å². The zero-order chi connectivity index (χ0) is 16.1. The molecular formula is C16H15FN2O3. The lowest BCUT2D eigenvalue weighted by Crippen LogP contribution is -2.30. The lowest BCUT2D eigenvalue weighted by molar-refractivity contribution is -0.122. The van der Waals surface area contributed by atoms with Crippen molar-refractivity contribution >= 4 is 17.5 Å². The fourth-order valence-electron chi connectivity index (χ4n) is 1.76. The number of primary amides is 1. The van der Waals surface area contributed by atoms with Crippen LogP contribution in [0.5, 0.6) is 5.75 Å². The fourth-order valence-corrected chi connectivity index (χ4v) is 1.76. The smallest absolute Gasteiger partial charge is 0.265 e. The summed E-state index contributed by atoms with van der Waals surface area (Å²) in [5.74, 6) is -0.972. The number of carbonyl (C=O) groups excluding carboxylic acids is 2. The van der Waals surface area contributed by atoms with Crippen molar-refractivity contribution in [2.45, 2.75) is 13.0 Å². The first-order valence-electron chi connectivity index (χ1n) is 6.58. The van der Waals surface area contributed by atoms with Crippen molar-refractivity contribution in [3.63, 3.8) is 0 Å². The van der Waals surface area contributed by atoms with Gasteiger partial charge in [0.25, 0.3) is 5.91 Å². The van der Waals surface area contributed by atoms with Crippen LogP contribution < -0.4 is 15.8 Å². The molecule has 1 unspecified atom stereocenters. The van der Waals surface area contributed by atoms with Crippen molar-refractivity contribution in [2.24, 2.45) is 5.73 Å². The largest absolute Gasteiger partial charge is 0.481 e. The van der Waals surface area contributed by atoms with Gasteiger partial charge in [0.1, 0.15) is 11.6 Å². The highest BCUT2D eigenvalue weighted by atomic mass is 19.1. The van der Waals surface area contributed by atoms with Gasteiger partial charge in [-0.1, -0.05) is 6.07 Å². The van der Waals surface area contributed by atoms with Crippen LogP contribution in [0.15, 0.2) is 48.5 Å². The van der Waals surface area contributed by atoms with Gasteiger partial charge >= 0.3 is 0 Å². The van der Waals surface area contributed by atoms with E-state index in [4.69, 9.17) is 10.5 Å². The number of halogens is 1. The van der Waals surface area contributed by atoms with Gasteiger partial charge in [0.2, 0.25) is 5.91 Å². The van der Waals surface area contributed by atoms with Crippen molar-refractivity contribution in [1.29, 1.82) is 0 Å². The number of amides is 2. The Morgan fingerprint density at radius 3 is 2.50 bits per heavy atom. The Bertz CT molecular complexity index is 686. The molecule has 5 nitrogen and oxygen atoms in total. The highest BCUT2D eigenvalue weighted by Gasteiger charge is 2.15. The highest BCUT2D eigenvalue weighted by Crippen LogP contribution is 2.15. The normalized spacial score (nSPS) is 11.5. The SMILES string of the molecule is CC(Oc1ccc(F)cc1)C(=O)Nc1cccc(C(N)=O)c1. The number of hydrogen-bond acceptors (Lipinski definition) is 3. The van der Waals surface area contributed by atoms with E-state index in [1.165, 1.54) is 30.3 Å². The summed E-state index contributed by atoms with van der Waals surface area (Å²) in [6.45, 7) is 1.57. The number of carbonyl (C=O) groups is 2. The van der Waals surface area contributed by atoms with Crippen LogP contribution in [0.4, 0.5) is 10.1 Å². The van der Waals surface area contributed by atoms with Crippen LogP contribution in [0.3, 0.4) is 0 Å². The topological polar surface area (TPSA) is 81.4 Å². The van der Waals surface area contributed by atoms with Crippen molar-refractivity contribution < 1.29 is 18.7 Å². The second kappa shape index (κ2) is 6.71. The molecule has 0 fully saturated rings. The summed E-state index contributed by atoms with van der Waals surface area (Å²) in [6, 6.07) is 11.6. The molecule has 0 aromatic heterocycles. The van der Waals surface area contributed by atoms with Crippen molar-refractivity contribution in [1.82, 2.24) is 0 Å². The number of nitrogens with two attached hydrogens (primary N) is 1. The van der Waals surface area contributed by atoms with Crippen molar-refractivity contribution in [2.75, 3.05) is 5.32 Å². The van der Waals surface area contributed by atoms with E-state index in [0.717, 1.165) is 0 Å². The van der Waals surface area contributed by atoms with Crippen LogP contribution in [-0.4, -0.2) is 17.9 Å². The molecule has 3 N–H and O–H groups in total. The molecule has 0 saturated carbocycles. The van der Waals surface area contributed by atoms with Gasteiger partial charge in [-0.15, -0.1) is 0 Å². The minimum Gasteiger partial charge on any atom is -0.481 e. The first kappa shape index (κ1) is 15.5. The van der Waals surface area contributed by atoms with Crippen molar-refractivity contribution in [3.05, 3.63) is 59.9 Å². The molecule has 2 aromatic rings. The first-order valence-corrected chi connectivity index (χ1v) is 6.58. The molecule has 0 spiro atoms. The van der Waals surface area contributed by atoms with Crippen LogP contribution in [0, 0.1) is 5.82 Å². The highest BCUT2D eigenvalue weighted by molar-refractivity contribution is 5.97. The van der Waals surface area contributed by atoms with Gasteiger partial charge in [0.15, 0.2) is 6.10 Å². The molecule has 0 heterocycles. The van der Waals surface area contributed by atoms with Crippen LogP contribution in [-0.2, 0) is 4.79 Å². The Morgan fingerprint density at radius 2 is 1.86 bits per heavy atom. The second-order valence-electron chi connectivity index (χ2n) is 4.65. The minimum atomic E-state index is -0.789. The maximum Gasteiger partial charge on any atom is 0.265 e. The predicted molar refractivity (Wildman–Crippen MR) is 80.1 cm³/mol. The molecule has 2 amide bonds. The summed E-state index contributed by atoms with van der Waals surface area (Å²) < 4.78 is 18.2. The zero-order valence-corrected chi connectivity index (χ0v) is 11.9. The predicted octanol–water partition coefficient (Wildman–Crippen LogP) is 2.33. The number of rotatable bonds is 5. The molecule has 0 aliphatic carbocycles. The summed E-state index contributed by atoms with van der Waals surface area (Å²) in [6.07, 6.45) is -0.789. The average molecular weight is 302 g/mol. The first-order chi connectivity index (χ1) is 10.5. The molecule has 6 heteroatoms. The Labute approximate surface area is 126 Å². The number of anilines is 1. The van der Waals surface area contributed by atoms with E-state index in [1.807, 2.05) is 0 Å². The maximum atomic E-state index is 12.8. The van der Waals surface area contributed by atoms with E-state index >= 15 is 0 Å². The van der Waals surface area contributed by atoms with E-state index in [1.54, 1.807) is 25.1 Å². The Kier molecular flexibility index (Phi) is 4.73. The van der Waals surface area contributed by atoms with Gasteiger partial charge in [0, 0.05) is 11.3 Å². The molecule has 0 radical (unpaired) electrons. The van der Waals surface area contributed by atoms with Gasteiger partial charge in [0.05, 0.1) is 0 Å². The van der Waals surface area contributed by atoms with E-state index < -0.39 is 17.9 Å². The molecule has 0 bridgehead atoms. The van der Waals surface area contributed by atoms with E-state index in [-0.39, 0.29) is 5.82 Å². The lowest BCUT2D eigenvalue weighted by Gasteiger charge is -2.15. The third-order valence-corrected chi connectivity index (χ3v) is 2.91. The molecule has 0 saturated heterocycles. The van der Waals surface area contributed by atoms with Crippen LogP contribution in [0.2, 0.25) is 0 Å². The van der Waals surface area contributed by atoms with E-state index in [9.17, 15) is 14.0 Å². The number of ether oxygens (including phenoxy) is 1. The van der Waals surface area contributed by atoms with Gasteiger partial charge in [-0.05, 0) is 49.4 Å². The monoisotopic (exact) mass is 302 g/mol. The number of benzene rings is 2. The molecule has 2 aromatic carbocycles. The van der Waals surface area contributed by atoms with Crippen LogP contribution >= 0.6 is 0 Å². The molecule has 114 valence electrons. The van der Waals surface area contributed by atoms with Gasteiger partial charge in [-0.25, -0.2) is 4.39 Å². The number of nitrogens with one attached hydrogen (secondary N) is 1. The van der Waals surface area contributed by atoms with Crippen molar-refractivity contribution in [3.8, 4) is 5.75 Å². The molecule has 2 rings (SSSR count). The molecule has 0 aliphatic rings. The Balaban J connectivity index is 2.00. The van der Waals surface area contributed by atoms with Gasteiger partial charge in [-0.2, -0.15) is 0 Å². The molecule has 0 aliphatic heterocycles. The van der Waals surface area contributed by atoms with E-state index in [2.05, 4.69) is 5.32 Å². The quantitative estimate of drug-likeness (QED) is 0.889. The maximum absolute atomic E-state index is 12.8. The number of hydrogen-bond donors (Lipinski definition) is 2. The molecule has 1 atom stereocenters. The van der Waals surface area contributed by atoms with Crippen LogP contribution in [0.1, 0.15) is 17.3 Å². The second-order valence-corrected chi connectivity index (χ2v) is 4.65. The third-order valence-electron chi connectivity index (χ3n) is 2.91.